The molecular weight excluding hydrogens is 348 g/mol. The maximum Gasteiger partial charge on any atom is 0.244 e. The maximum atomic E-state index is 13.5. The van der Waals surface area contributed by atoms with Gasteiger partial charge in [-0.15, -0.1) is 0 Å². The second-order valence-corrected chi connectivity index (χ2v) is 6.01. The van der Waals surface area contributed by atoms with Gasteiger partial charge in [-0.05, 0) is 22.0 Å². The molecule has 0 aliphatic heterocycles. The molecule has 1 N–H and O–H groups in total. The lowest BCUT2D eigenvalue weighted by Crippen LogP contribution is -2.34. The van der Waals surface area contributed by atoms with Crippen LogP contribution in [0.1, 0.15) is 0 Å². The molecule has 0 saturated carbocycles. The van der Waals surface area contributed by atoms with E-state index in [-0.39, 0.29) is 11.0 Å². The van der Waals surface area contributed by atoms with E-state index in [0.717, 1.165) is 6.07 Å². The molecule has 1 rings (SSSR count). The second-order valence-electron chi connectivity index (χ2n) is 3.45. The van der Waals surface area contributed by atoms with Crippen LogP contribution in [0.15, 0.2) is 21.5 Å². The molecule has 0 aromatic heterocycles. The minimum Gasteiger partial charge on any atom is -0.355 e. The van der Waals surface area contributed by atoms with Gasteiger partial charge >= 0.3 is 0 Å². The number of rotatable bonds is 6. The number of nitrogens with one attached hydrogen (secondary N) is 1. The van der Waals surface area contributed by atoms with Crippen molar-refractivity contribution in [2.75, 3.05) is 20.8 Å². The summed E-state index contributed by atoms with van der Waals surface area (Å²) in [5.74, 6) is -2.07. The highest BCUT2D eigenvalue weighted by Gasteiger charge is 2.24. The van der Waals surface area contributed by atoms with Crippen LogP contribution in [0.2, 0.25) is 0 Å². The molecule has 0 saturated heterocycles. The van der Waals surface area contributed by atoms with Crippen molar-refractivity contribution < 1.29 is 26.7 Å². The van der Waals surface area contributed by atoms with Gasteiger partial charge in [0, 0.05) is 24.8 Å². The molecule has 9 heteroatoms. The van der Waals surface area contributed by atoms with Gasteiger partial charge in [-0.2, -0.15) is 0 Å². The van der Waals surface area contributed by atoms with Crippen molar-refractivity contribution in [3.8, 4) is 0 Å². The lowest BCUT2D eigenvalue weighted by molar-refractivity contribution is -0.0960. The zero-order chi connectivity index (χ0) is 14.6. The summed E-state index contributed by atoms with van der Waals surface area (Å²) in [6, 6.07) is 1.35. The molecule has 0 fully saturated rings. The predicted octanol–water partition coefficient (Wildman–Crippen LogP) is 1.62. The third-order valence-electron chi connectivity index (χ3n) is 2.20. The third-order valence-corrected chi connectivity index (χ3v) is 4.58. The van der Waals surface area contributed by atoms with Gasteiger partial charge in [0.15, 0.2) is 6.29 Å². The van der Waals surface area contributed by atoms with Gasteiger partial charge in [0.2, 0.25) is 10.0 Å². The molecule has 0 heterocycles. The van der Waals surface area contributed by atoms with Gasteiger partial charge in [-0.25, -0.2) is 21.9 Å². The number of sulfonamides is 1. The van der Waals surface area contributed by atoms with Crippen LogP contribution in [0.5, 0.6) is 0 Å². The summed E-state index contributed by atoms with van der Waals surface area (Å²) >= 11 is 2.81. The Balaban J connectivity index is 3.01. The Kier molecular flexibility index (Phi) is 5.81. The van der Waals surface area contributed by atoms with Gasteiger partial charge in [0.25, 0.3) is 0 Å². The van der Waals surface area contributed by atoms with Crippen LogP contribution >= 0.6 is 15.9 Å². The monoisotopic (exact) mass is 359 g/mol. The summed E-state index contributed by atoms with van der Waals surface area (Å²) < 4.78 is 61.7. The Bertz CT molecular complexity index is 525. The van der Waals surface area contributed by atoms with E-state index >= 15 is 0 Å². The van der Waals surface area contributed by atoms with E-state index in [1.54, 1.807) is 0 Å². The van der Waals surface area contributed by atoms with Crippen molar-refractivity contribution >= 4 is 26.0 Å². The largest absolute Gasteiger partial charge is 0.355 e. The lowest BCUT2D eigenvalue weighted by atomic mass is 10.3. The molecule has 19 heavy (non-hydrogen) atoms. The standard InChI is InChI=1S/C10H12BrF2NO4S/c1-17-9(18-2)5-14-19(15,16)10-7(11)3-6(12)4-8(10)13/h3-4,9,14H,5H2,1-2H3. The van der Waals surface area contributed by atoms with Gasteiger partial charge in [0.05, 0.1) is 6.54 Å². The molecule has 5 nitrogen and oxygen atoms in total. The Morgan fingerprint density at radius 2 is 1.89 bits per heavy atom. The SMILES string of the molecule is COC(CNS(=O)(=O)c1c(F)cc(F)cc1Br)OC. The van der Waals surface area contributed by atoms with E-state index in [9.17, 15) is 17.2 Å². The minimum atomic E-state index is -4.15. The highest BCUT2D eigenvalue weighted by molar-refractivity contribution is 9.10. The first-order valence-electron chi connectivity index (χ1n) is 5.01. The van der Waals surface area contributed by atoms with E-state index in [4.69, 9.17) is 9.47 Å². The molecule has 1 aromatic carbocycles. The Hall–Kier alpha value is -0.610. The lowest BCUT2D eigenvalue weighted by Gasteiger charge is -2.15. The van der Waals surface area contributed by atoms with Crippen molar-refractivity contribution in [2.24, 2.45) is 0 Å². The van der Waals surface area contributed by atoms with Crippen LogP contribution in [-0.4, -0.2) is 35.5 Å². The summed E-state index contributed by atoms with van der Waals surface area (Å²) in [7, 11) is -1.49. The number of hydrogen-bond donors (Lipinski definition) is 1. The summed E-state index contributed by atoms with van der Waals surface area (Å²) in [4.78, 5) is -0.667. The number of halogens is 3. The van der Waals surface area contributed by atoms with Gasteiger partial charge in [-0.3, -0.25) is 0 Å². The Morgan fingerprint density at radius 1 is 1.32 bits per heavy atom. The Labute approximate surface area is 118 Å². The van der Waals surface area contributed by atoms with Crippen LogP contribution in [0.25, 0.3) is 0 Å². The smallest absolute Gasteiger partial charge is 0.244 e. The topological polar surface area (TPSA) is 64.6 Å². The summed E-state index contributed by atoms with van der Waals surface area (Å²) in [5, 5.41) is 0. The van der Waals surface area contributed by atoms with Crippen molar-refractivity contribution in [2.45, 2.75) is 11.2 Å². The van der Waals surface area contributed by atoms with Crippen molar-refractivity contribution in [1.82, 2.24) is 4.72 Å². The molecule has 108 valence electrons. The molecule has 0 bridgehead atoms. The molecule has 0 unspecified atom stereocenters. The zero-order valence-electron chi connectivity index (χ0n) is 10.1. The van der Waals surface area contributed by atoms with Crippen molar-refractivity contribution in [1.29, 1.82) is 0 Å². The molecule has 0 spiro atoms. The van der Waals surface area contributed by atoms with Crippen LogP contribution < -0.4 is 4.72 Å². The number of methoxy groups -OCH3 is 2. The fourth-order valence-corrected chi connectivity index (χ4v) is 3.48. The van der Waals surface area contributed by atoms with Crippen LogP contribution in [0.3, 0.4) is 0 Å². The predicted molar refractivity (Wildman–Crippen MR) is 67.1 cm³/mol. The first-order chi connectivity index (χ1) is 8.81. The first kappa shape index (κ1) is 16.4. The van der Waals surface area contributed by atoms with Crippen LogP contribution in [0, 0.1) is 11.6 Å². The van der Waals surface area contributed by atoms with Crippen LogP contribution in [0.4, 0.5) is 8.78 Å². The van der Waals surface area contributed by atoms with Crippen molar-refractivity contribution in [3.05, 3.63) is 28.2 Å². The van der Waals surface area contributed by atoms with Crippen LogP contribution in [-0.2, 0) is 19.5 Å². The maximum absolute atomic E-state index is 13.5. The fourth-order valence-electron chi connectivity index (χ4n) is 1.30. The number of hydrogen-bond acceptors (Lipinski definition) is 4. The van der Waals surface area contributed by atoms with E-state index in [1.165, 1.54) is 14.2 Å². The molecule has 0 atom stereocenters. The molecular formula is C10H12BrF2NO4S. The number of benzene rings is 1. The zero-order valence-corrected chi connectivity index (χ0v) is 12.5. The van der Waals surface area contributed by atoms with Gasteiger partial charge in [0.1, 0.15) is 16.5 Å². The Morgan fingerprint density at radius 3 is 2.37 bits per heavy atom. The second kappa shape index (κ2) is 6.71. The number of ether oxygens (including phenoxy) is 2. The van der Waals surface area contributed by atoms with E-state index < -0.39 is 32.8 Å². The highest BCUT2D eigenvalue weighted by Crippen LogP contribution is 2.26. The van der Waals surface area contributed by atoms with E-state index in [0.29, 0.717) is 6.07 Å². The average Bonchev–Trinajstić information content (AvgIpc) is 2.28. The minimum absolute atomic E-state index is 0.205. The molecule has 0 radical (unpaired) electrons. The molecule has 0 amide bonds. The summed E-state index contributed by atoms with van der Waals surface area (Å²) in [6.45, 7) is -0.210. The fraction of sp³-hybridized carbons (Fsp3) is 0.400. The summed E-state index contributed by atoms with van der Waals surface area (Å²) in [5.41, 5.74) is 0. The third kappa shape index (κ3) is 4.18. The van der Waals surface area contributed by atoms with E-state index in [1.807, 2.05) is 0 Å². The van der Waals surface area contributed by atoms with Crippen molar-refractivity contribution in [3.63, 3.8) is 0 Å². The molecule has 1 aromatic rings. The highest BCUT2D eigenvalue weighted by atomic mass is 79.9. The van der Waals surface area contributed by atoms with Gasteiger partial charge in [-0.1, -0.05) is 0 Å². The molecule has 0 aliphatic carbocycles. The summed E-state index contributed by atoms with van der Waals surface area (Å²) in [6.07, 6.45) is -0.808. The van der Waals surface area contributed by atoms with E-state index in [2.05, 4.69) is 20.7 Å². The quantitative estimate of drug-likeness (QED) is 0.784. The normalized spacial score (nSPS) is 12.1. The van der Waals surface area contributed by atoms with Gasteiger partial charge < -0.3 is 9.47 Å². The molecule has 0 aliphatic rings. The average molecular weight is 360 g/mol. The first-order valence-corrected chi connectivity index (χ1v) is 7.29.